The molecule has 1 heterocycles. The second-order valence-corrected chi connectivity index (χ2v) is 5.08. The second-order valence-electron chi connectivity index (χ2n) is 5.08. The van der Waals surface area contributed by atoms with E-state index in [9.17, 15) is 4.79 Å². The first-order valence-corrected chi connectivity index (χ1v) is 7.25. The molecule has 1 N–H and O–H groups in total. The maximum Gasteiger partial charge on any atom is 0.306 e. The van der Waals surface area contributed by atoms with Gasteiger partial charge in [0.2, 0.25) is 0 Å². The molecule has 1 aromatic rings. The van der Waals surface area contributed by atoms with Gasteiger partial charge in [-0.2, -0.15) is 0 Å². The molecule has 2 rings (SSSR count). The minimum Gasteiger partial charge on any atom is -0.466 e. The van der Waals surface area contributed by atoms with E-state index in [1.807, 2.05) is 25.1 Å². The van der Waals surface area contributed by atoms with Gasteiger partial charge in [-0.15, -0.1) is 0 Å². The molecule has 19 heavy (non-hydrogen) atoms. The van der Waals surface area contributed by atoms with Crippen LogP contribution >= 0.6 is 0 Å². The van der Waals surface area contributed by atoms with E-state index in [2.05, 4.69) is 17.4 Å². The highest BCUT2D eigenvalue weighted by molar-refractivity contribution is 5.70. The molecule has 1 aliphatic rings. The molecule has 0 amide bonds. The van der Waals surface area contributed by atoms with E-state index in [-0.39, 0.29) is 11.9 Å². The van der Waals surface area contributed by atoms with Crippen molar-refractivity contribution in [2.45, 2.75) is 44.6 Å². The number of rotatable bonds is 5. The number of esters is 1. The average Bonchev–Trinajstić information content (AvgIpc) is 2.47. The fourth-order valence-corrected chi connectivity index (χ4v) is 2.81. The van der Waals surface area contributed by atoms with Gasteiger partial charge in [0.1, 0.15) is 0 Å². The number of ether oxygens (including phenoxy) is 1. The summed E-state index contributed by atoms with van der Waals surface area (Å²) in [4.78, 5) is 11.8. The van der Waals surface area contributed by atoms with Crippen molar-refractivity contribution in [1.29, 1.82) is 0 Å². The van der Waals surface area contributed by atoms with E-state index in [0.717, 1.165) is 13.0 Å². The molecular weight excluding hydrogens is 238 g/mol. The molecule has 2 atom stereocenters. The summed E-state index contributed by atoms with van der Waals surface area (Å²) in [5.41, 5.74) is 1.23. The zero-order valence-electron chi connectivity index (χ0n) is 11.6. The van der Waals surface area contributed by atoms with Crippen LogP contribution in [-0.4, -0.2) is 25.2 Å². The number of nitrogens with one attached hydrogen (secondary N) is 1. The largest absolute Gasteiger partial charge is 0.466 e. The molecular formula is C16H23NO2. The van der Waals surface area contributed by atoms with Crippen LogP contribution in [0.5, 0.6) is 0 Å². The lowest BCUT2D eigenvalue weighted by atomic mass is 9.84. The standard InChI is InChI=1S/C16H23NO2/c1-2-19-16(18)12-14(13-8-4-3-5-9-13)15-10-6-7-11-17-15/h3-5,8-9,14-15,17H,2,6-7,10-12H2,1H3/t14-,15-/m0/s1. The van der Waals surface area contributed by atoms with Crippen molar-refractivity contribution >= 4 is 5.97 Å². The number of benzene rings is 1. The third-order valence-electron chi connectivity index (χ3n) is 3.75. The van der Waals surface area contributed by atoms with Gasteiger partial charge in [0.15, 0.2) is 0 Å². The van der Waals surface area contributed by atoms with Crippen LogP contribution in [0.2, 0.25) is 0 Å². The first kappa shape index (κ1) is 14.1. The third kappa shape index (κ3) is 4.06. The highest BCUT2D eigenvalue weighted by Crippen LogP contribution is 2.28. The molecule has 1 aromatic carbocycles. The molecule has 0 unspecified atom stereocenters. The van der Waals surface area contributed by atoms with Crippen molar-refractivity contribution in [1.82, 2.24) is 5.32 Å². The first-order valence-electron chi connectivity index (χ1n) is 7.25. The van der Waals surface area contributed by atoms with Crippen molar-refractivity contribution in [3.05, 3.63) is 35.9 Å². The summed E-state index contributed by atoms with van der Waals surface area (Å²) in [6.07, 6.45) is 4.08. The zero-order chi connectivity index (χ0) is 13.5. The normalized spacial score (nSPS) is 20.8. The predicted molar refractivity (Wildman–Crippen MR) is 76.1 cm³/mol. The first-order chi connectivity index (χ1) is 9.31. The number of carbonyl (C=O) groups is 1. The lowest BCUT2D eigenvalue weighted by Crippen LogP contribution is -2.39. The summed E-state index contributed by atoms with van der Waals surface area (Å²) in [6, 6.07) is 10.7. The Morgan fingerprint density at radius 3 is 2.79 bits per heavy atom. The van der Waals surface area contributed by atoms with E-state index in [4.69, 9.17) is 4.74 Å². The zero-order valence-corrected chi connectivity index (χ0v) is 11.6. The molecule has 1 aliphatic heterocycles. The number of piperidine rings is 1. The van der Waals surface area contributed by atoms with Gasteiger partial charge >= 0.3 is 5.97 Å². The van der Waals surface area contributed by atoms with E-state index >= 15 is 0 Å². The fraction of sp³-hybridized carbons (Fsp3) is 0.562. The number of hydrogen-bond donors (Lipinski definition) is 1. The predicted octanol–water partition coefficient (Wildman–Crippen LogP) is 2.87. The van der Waals surface area contributed by atoms with Crippen LogP contribution in [0, 0.1) is 0 Å². The van der Waals surface area contributed by atoms with Crippen molar-refractivity contribution in [3.8, 4) is 0 Å². The summed E-state index contributed by atoms with van der Waals surface area (Å²) in [7, 11) is 0. The number of hydrogen-bond acceptors (Lipinski definition) is 3. The second kappa shape index (κ2) is 7.29. The Kier molecular flexibility index (Phi) is 5.40. The van der Waals surface area contributed by atoms with Gasteiger partial charge in [-0.1, -0.05) is 36.8 Å². The Labute approximate surface area is 115 Å². The molecule has 0 aliphatic carbocycles. The van der Waals surface area contributed by atoms with Crippen molar-refractivity contribution < 1.29 is 9.53 Å². The van der Waals surface area contributed by atoms with Crippen LogP contribution in [0.25, 0.3) is 0 Å². The minimum atomic E-state index is -0.0938. The fourth-order valence-electron chi connectivity index (χ4n) is 2.81. The van der Waals surface area contributed by atoms with Gasteiger partial charge in [-0.25, -0.2) is 0 Å². The number of carbonyl (C=O) groups excluding carboxylic acids is 1. The van der Waals surface area contributed by atoms with Gasteiger partial charge < -0.3 is 10.1 Å². The van der Waals surface area contributed by atoms with E-state index in [1.165, 1.54) is 18.4 Å². The summed E-state index contributed by atoms with van der Waals surface area (Å²) in [5, 5.41) is 3.56. The third-order valence-corrected chi connectivity index (χ3v) is 3.75. The molecule has 0 saturated carbocycles. The summed E-state index contributed by atoms with van der Waals surface area (Å²) < 4.78 is 5.12. The van der Waals surface area contributed by atoms with E-state index in [1.54, 1.807) is 0 Å². The maximum atomic E-state index is 11.8. The van der Waals surface area contributed by atoms with Gasteiger partial charge in [0, 0.05) is 12.0 Å². The summed E-state index contributed by atoms with van der Waals surface area (Å²) in [6.45, 7) is 3.36. The van der Waals surface area contributed by atoms with Crippen LogP contribution < -0.4 is 5.32 Å². The topological polar surface area (TPSA) is 38.3 Å². The van der Waals surface area contributed by atoms with Crippen LogP contribution in [0.1, 0.15) is 44.1 Å². The molecule has 0 spiro atoms. The van der Waals surface area contributed by atoms with Gasteiger partial charge in [-0.05, 0) is 31.9 Å². The summed E-state index contributed by atoms with van der Waals surface area (Å²) in [5.74, 6) is 0.129. The molecule has 1 saturated heterocycles. The smallest absolute Gasteiger partial charge is 0.306 e. The molecule has 0 aromatic heterocycles. The van der Waals surface area contributed by atoms with Crippen molar-refractivity contribution in [2.75, 3.05) is 13.2 Å². The highest BCUT2D eigenvalue weighted by atomic mass is 16.5. The molecule has 0 radical (unpaired) electrons. The van der Waals surface area contributed by atoms with E-state index in [0.29, 0.717) is 19.1 Å². The SMILES string of the molecule is CCOC(=O)C[C@@H](c1ccccc1)[C@@H]1CCCCN1. The highest BCUT2D eigenvalue weighted by Gasteiger charge is 2.27. The lowest BCUT2D eigenvalue weighted by molar-refractivity contribution is -0.143. The Bertz CT molecular complexity index is 385. The Morgan fingerprint density at radius 2 is 2.16 bits per heavy atom. The quantitative estimate of drug-likeness (QED) is 0.828. The van der Waals surface area contributed by atoms with Gasteiger partial charge in [0.25, 0.3) is 0 Å². The molecule has 1 fully saturated rings. The van der Waals surface area contributed by atoms with E-state index < -0.39 is 0 Å². The average molecular weight is 261 g/mol. The van der Waals surface area contributed by atoms with Gasteiger partial charge in [0.05, 0.1) is 13.0 Å². The van der Waals surface area contributed by atoms with Crippen LogP contribution in [-0.2, 0) is 9.53 Å². The van der Waals surface area contributed by atoms with Gasteiger partial charge in [-0.3, -0.25) is 4.79 Å². The Morgan fingerprint density at radius 1 is 1.37 bits per heavy atom. The molecule has 0 bridgehead atoms. The Hall–Kier alpha value is -1.35. The Balaban J connectivity index is 2.10. The molecule has 3 heteroatoms. The van der Waals surface area contributed by atoms with Crippen LogP contribution in [0.4, 0.5) is 0 Å². The summed E-state index contributed by atoms with van der Waals surface area (Å²) >= 11 is 0. The molecule has 3 nitrogen and oxygen atoms in total. The lowest BCUT2D eigenvalue weighted by Gasteiger charge is -2.31. The van der Waals surface area contributed by atoms with Crippen molar-refractivity contribution in [2.24, 2.45) is 0 Å². The van der Waals surface area contributed by atoms with Crippen molar-refractivity contribution in [3.63, 3.8) is 0 Å². The molecule has 104 valence electrons. The minimum absolute atomic E-state index is 0.0938. The van der Waals surface area contributed by atoms with Crippen LogP contribution in [0.15, 0.2) is 30.3 Å². The monoisotopic (exact) mass is 261 g/mol. The maximum absolute atomic E-state index is 11.8. The van der Waals surface area contributed by atoms with Crippen LogP contribution in [0.3, 0.4) is 0 Å².